The van der Waals surface area contributed by atoms with Crippen LogP contribution in [0.4, 0.5) is 5.82 Å². The highest BCUT2D eigenvalue weighted by Crippen LogP contribution is 2.26. The van der Waals surface area contributed by atoms with E-state index in [1.165, 1.54) is 0 Å². The van der Waals surface area contributed by atoms with Gasteiger partial charge in [-0.1, -0.05) is 42.5 Å². The number of carbonyl (C=O) groups excluding carboxylic acids is 1. The molecule has 4 N–H and O–H groups in total. The molecule has 0 saturated carbocycles. The number of hydrogen-bond donors (Lipinski definition) is 3. The molecule has 0 aliphatic heterocycles. The fraction of sp³-hybridized carbons (Fsp3) is 0.0870. The van der Waals surface area contributed by atoms with Gasteiger partial charge in [-0.2, -0.15) is 0 Å². The number of aliphatic hydroxyl groups is 1. The average molecular weight is 400 g/mol. The summed E-state index contributed by atoms with van der Waals surface area (Å²) in [5.74, 6) is 0.0134. The number of anilines is 1. The van der Waals surface area contributed by atoms with Crippen LogP contribution in [0.1, 0.15) is 22.0 Å². The van der Waals surface area contributed by atoms with Crippen LogP contribution in [0.15, 0.2) is 83.8 Å². The van der Waals surface area contributed by atoms with Crippen LogP contribution in [0.25, 0.3) is 22.5 Å². The summed E-state index contributed by atoms with van der Waals surface area (Å²) in [6.45, 7) is -0.194. The number of carbonyl (C=O) groups is 1. The Labute approximate surface area is 173 Å². The van der Waals surface area contributed by atoms with E-state index in [4.69, 9.17) is 10.2 Å². The van der Waals surface area contributed by atoms with Crippen molar-refractivity contribution in [3.05, 3.63) is 90.5 Å². The summed E-state index contributed by atoms with van der Waals surface area (Å²) in [6, 6.07) is 17.6. The highest BCUT2D eigenvalue weighted by atomic mass is 16.3. The zero-order valence-corrected chi connectivity index (χ0v) is 16.0. The Morgan fingerprint density at radius 2 is 1.83 bits per heavy atom. The van der Waals surface area contributed by atoms with Crippen LogP contribution in [0, 0.1) is 0 Å². The first-order valence-corrected chi connectivity index (χ1v) is 9.38. The second-order valence-electron chi connectivity index (χ2n) is 6.70. The molecule has 4 rings (SSSR count). The number of furan rings is 1. The summed E-state index contributed by atoms with van der Waals surface area (Å²) in [6.07, 6.45) is 4.74. The third-order valence-electron chi connectivity index (χ3n) is 4.73. The van der Waals surface area contributed by atoms with Gasteiger partial charge in [-0.3, -0.25) is 4.79 Å². The minimum atomic E-state index is -0.480. The van der Waals surface area contributed by atoms with Gasteiger partial charge in [0.25, 0.3) is 5.91 Å². The molecule has 2 aromatic heterocycles. The van der Waals surface area contributed by atoms with Crippen molar-refractivity contribution >= 4 is 11.7 Å². The van der Waals surface area contributed by atoms with Crippen molar-refractivity contribution < 1.29 is 14.3 Å². The Bertz CT molecular complexity index is 1130. The molecule has 1 amide bonds. The molecule has 1 atom stereocenters. The largest absolute Gasteiger partial charge is 0.472 e. The summed E-state index contributed by atoms with van der Waals surface area (Å²) in [7, 11) is 0. The molecule has 1 unspecified atom stereocenters. The maximum Gasteiger partial charge on any atom is 0.251 e. The van der Waals surface area contributed by atoms with E-state index in [9.17, 15) is 9.90 Å². The number of amides is 1. The molecule has 2 aromatic carbocycles. The van der Waals surface area contributed by atoms with Crippen LogP contribution >= 0.6 is 0 Å². The Morgan fingerprint density at radius 1 is 1.07 bits per heavy atom. The van der Waals surface area contributed by atoms with Crippen molar-refractivity contribution in [3.63, 3.8) is 0 Å². The molecule has 0 spiro atoms. The van der Waals surface area contributed by atoms with Gasteiger partial charge in [0, 0.05) is 16.7 Å². The maximum absolute atomic E-state index is 12.6. The highest BCUT2D eigenvalue weighted by Gasteiger charge is 2.16. The SMILES string of the molecule is Nc1ncc(-c2ccoc2)nc1-c1ccc(C(=O)NC(CO)c2ccccc2)cc1. The molecule has 7 nitrogen and oxygen atoms in total. The molecule has 0 bridgehead atoms. The average Bonchev–Trinajstić information content (AvgIpc) is 3.33. The topological polar surface area (TPSA) is 114 Å². The fourth-order valence-corrected chi connectivity index (χ4v) is 3.10. The zero-order chi connectivity index (χ0) is 20.9. The molecule has 2 heterocycles. The van der Waals surface area contributed by atoms with Crippen LogP contribution in [0.5, 0.6) is 0 Å². The van der Waals surface area contributed by atoms with Crippen molar-refractivity contribution in [1.29, 1.82) is 0 Å². The van der Waals surface area contributed by atoms with Gasteiger partial charge < -0.3 is 20.6 Å². The van der Waals surface area contributed by atoms with E-state index in [1.807, 2.05) is 30.3 Å². The number of benzene rings is 2. The lowest BCUT2D eigenvalue weighted by Crippen LogP contribution is -2.30. The van der Waals surface area contributed by atoms with Gasteiger partial charge in [0.2, 0.25) is 0 Å². The monoisotopic (exact) mass is 400 g/mol. The molecular formula is C23H20N4O3. The summed E-state index contributed by atoms with van der Waals surface area (Å²) in [5, 5.41) is 12.5. The maximum atomic E-state index is 12.6. The molecule has 30 heavy (non-hydrogen) atoms. The Kier molecular flexibility index (Phi) is 5.54. The van der Waals surface area contributed by atoms with E-state index in [-0.39, 0.29) is 12.5 Å². The number of nitrogens with two attached hydrogens (primary N) is 1. The summed E-state index contributed by atoms with van der Waals surface area (Å²) in [5.41, 5.74) is 10.0. The minimum Gasteiger partial charge on any atom is -0.472 e. The first-order valence-electron chi connectivity index (χ1n) is 9.38. The van der Waals surface area contributed by atoms with Crippen molar-refractivity contribution in [3.8, 4) is 22.5 Å². The van der Waals surface area contributed by atoms with E-state index in [0.29, 0.717) is 22.8 Å². The zero-order valence-electron chi connectivity index (χ0n) is 16.0. The van der Waals surface area contributed by atoms with Gasteiger partial charge in [-0.05, 0) is 23.8 Å². The minimum absolute atomic E-state index is 0.194. The van der Waals surface area contributed by atoms with E-state index in [2.05, 4.69) is 15.3 Å². The lowest BCUT2D eigenvalue weighted by Gasteiger charge is -2.17. The molecule has 7 heteroatoms. The fourth-order valence-electron chi connectivity index (χ4n) is 3.10. The van der Waals surface area contributed by atoms with Gasteiger partial charge in [0.15, 0.2) is 0 Å². The normalized spacial score (nSPS) is 11.8. The quantitative estimate of drug-likeness (QED) is 0.457. The number of aromatic nitrogens is 2. The summed E-state index contributed by atoms with van der Waals surface area (Å²) in [4.78, 5) is 21.4. The van der Waals surface area contributed by atoms with E-state index < -0.39 is 6.04 Å². The highest BCUT2D eigenvalue weighted by molar-refractivity contribution is 5.95. The van der Waals surface area contributed by atoms with Crippen LogP contribution in [-0.4, -0.2) is 27.6 Å². The third-order valence-corrected chi connectivity index (χ3v) is 4.73. The second kappa shape index (κ2) is 8.59. The number of nitrogen functional groups attached to an aromatic ring is 1. The van der Waals surface area contributed by atoms with Crippen LogP contribution in [-0.2, 0) is 0 Å². The number of rotatable bonds is 6. The van der Waals surface area contributed by atoms with Gasteiger partial charge in [-0.15, -0.1) is 0 Å². The molecule has 0 radical (unpaired) electrons. The lowest BCUT2D eigenvalue weighted by atomic mass is 10.1. The molecular weight excluding hydrogens is 380 g/mol. The van der Waals surface area contributed by atoms with E-state index in [1.54, 1.807) is 49.1 Å². The summed E-state index contributed by atoms with van der Waals surface area (Å²) >= 11 is 0. The van der Waals surface area contributed by atoms with Gasteiger partial charge >= 0.3 is 0 Å². The number of aliphatic hydroxyl groups excluding tert-OH is 1. The molecule has 0 saturated heterocycles. The Hall–Kier alpha value is -3.97. The van der Waals surface area contributed by atoms with Gasteiger partial charge in [0.05, 0.1) is 37.1 Å². The van der Waals surface area contributed by atoms with E-state index in [0.717, 1.165) is 16.7 Å². The van der Waals surface area contributed by atoms with Crippen molar-refractivity contribution in [1.82, 2.24) is 15.3 Å². The van der Waals surface area contributed by atoms with Crippen LogP contribution in [0.2, 0.25) is 0 Å². The van der Waals surface area contributed by atoms with Crippen molar-refractivity contribution in [2.75, 3.05) is 12.3 Å². The first kappa shape index (κ1) is 19.4. The standard InChI is InChI=1S/C23H20N4O3/c24-22-21(26-19(12-25-22)18-10-11-30-14-18)16-6-8-17(9-7-16)23(29)27-20(13-28)15-4-2-1-3-5-15/h1-12,14,20,28H,13H2,(H2,24,25)(H,27,29). The second-order valence-corrected chi connectivity index (χ2v) is 6.70. The molecule has 150 valence electrons. The van der Waals surface area contributed by atoms with Crippen molar-refractivity contribution in [2.24, 2.45) is 0 Å². The van der Waals surface area contributed by atoms with E-state index >= 15 is 0 Å². The molecule has 0 aliphatic rings. The van der Waals surface area contributed by atoms with Crippen molar-refractivity contribution in [2.45, 2.75) is 6.04 Å². The number of nitrogens with one attached hydrogen (secondary N) is 1. The van der Waals surface area contributed by atoms with Crippen LogP contribution in [0.3, 0.4) is 0 Å². The predicted octanol–water partition coefficient (Wildman–Crippen LogP) is 3.45. The molecule has 0 fully saturated rings. The Morgan fingerprint density at radius 3 is 2.50 bits per heavy atom. The lowest BCUT2D eigenvalue weighted by molar-refractivity contribution is 0.0916. The van der Waals surface area contributed by atoms with Gasteiger partial charge in [0.1, 0.15) is 11.5 Å². The van der Waals surface area contributed by atoms with Crippen LogP contribution < -0.4 is 11.1 Å². The first-order chi connectivity index (χ1) is 14.7. The summed E-state index contributed by atoms with van der Waals surface area (Å²) < 4.78 is 5.10. The number of nitrogens with zero attached hydrogens (tertiary/aromatic N) is 2. The van der Waals surface area contributed by atoms with Gasteiger partial charge in [-0.25, -0.2) is 9.97 Å². The molecule has 4 aromatic rings. The smallest absolute Gasteiger partial charge is 0.251 e. The number of hydrogen-bond acceptors (Lipinski definition) is 6. The molecule has 0 aliphatic carbocycles. The Balaban J connectivity index is 1.54. The predicted molar refractivity (Wildman–Crippen MR) is 113 cm³/mol. The third kappa shape index (κ3) is 4.06.